The van der Waals surface area contributed by atoms with Gasteiger partial charge in [-0.15, -0.1) is 0 Å². The van der Waals surface area contributed by atoms with E-state index in [4.69, 9.17) is 9.05 Å². The van der Waals surface area contributed by atoms with Gasteiger partial charge in [0.1, 0.15) is 16.6 Å². The first-order valence-electron chi connectivity index (χ1n) is 7.16. The Morgan fingerprint density at radius 1 is 1.14 bits per heavy atom. The van der Waals surface area contributed by atoms with Gasteiger partial charge in [-0.05, 0) is 33.6 Å². The van der Waals surface area contributed by atoms with Crippen molar-refractivity contribution in [1.29, 1.82) is 0 Å². The minimum atomic E-state index is -3.72. The number of hydrogen-bond acceptors (Lipinski definition) is 7. The number of nitrogens with zero attached hydrogens (tertiary/aromatic N) is 4. The summed E-state index contributed by atoms with van der Waals surface area (Å²) < 4.78 is 37.7. The van der Waals surface area contributed by atoms with E-state index >= 15 is 0 Å². The molecule has 0 aliphatic carbocycles. The molecule has 1 aliphatic heterocycles. The maximum Gasteiger partial charge on any atom is 0.249 e. The van der Waals surface area contributed by atoms with Crippen LogP contribution in [0.15, 0.2) is 13.9 Å². The van der Waals surface area contributed by atoms with Crippen molar-refractivity contribution < 1.29 is 17.5 Å². The molecule has 0 aromatic carbocycles. The van der Waals surface area contributed by atoms with Gasteiger partial charge in [0.15, 0.2) is 11.6 Å². The summed E-state index contributed by atoms with van der Waals surface area (Å²) in [6.07, 6.45) is 2.37. The third-order valence-electron chi connectivity index (χ3n) is 3.82. The quantitative estimate of drug-likeness (QED) is 0.848. The second kappa shape index (κ2) is 5.47. The zero-order valence-corrected chi connectivity index (χ0v) is 13.6. The molecule has 1 saturated heterocycles. The molecule has 2 aromatic heterocycles. The van der Waals surface area contributed by atoms with Crippen LogP contribution in [0.3, 0.4) is 0 Å². The fourth-order valence-corrected chi connectivity index (χ4v) is 4.79. The predicted molar refractivity (Wildman–Crippen MR) is 75.5 cm³/mol. The Labute approximate surface area is 128 Å². The maximum absolute atomic E-state index is 13.0. The molecule has 1 aliphatic rings. The number of rotatable bonds is 3. The van der Waals surface area contributed by atoms with Crippen molar-refractivity contribution in [3.05, 3.63) is 23.2 Å². The van der Waals surface area contributed by atoms with Gasteiger partial charge in [0, 0.05) is 6.54 Å². The van der Waals surface area contributed by atoms with Crippen LogP contribution >= 0.6 is 0 Å². The van der Waals surface area contributed by atoms with Crippen LogP contribution in [0.25, 0.3) is 0 Å². The molecule has 0 bridgehead atoms. The van der Waals surface area contributed by atoms with Crippen LogP contribution in [0.1, 0.15) is 48.5 Å². The number of piperidine rings is 1. The van der Waals surface area contributed by atoms with E-state index in [1.807, 2.05) is 0 Å². The van der Waals surface area contributed by atoms with Gasteiger partial charge in [-0.3, -0.25) is 0 Å². The Balaban J connectivity index is 2.04. The average molecular weight is 326 g/mol. The Kier molecular flexibility index (Phi) is 3.77. The van der Waals surface area contributed by atoms with Crippen molar-refractivity contribution in [1.82, 2.24) is 19.6 Å². The standard InChI is InChI=1S/C13H18N4O4S/c1-8-12(9(2)20-15-8)22(18,19)17-7-5-4-6-11(17)13-14-10(3)16-21-13/h11H,4-7H2,1-3H3. The van der Waals surface area contributed by atoms with Gasteiger partial charge in [-0.2, -0.15) is 9.29 Å². The van der Waals surface area contributed by atoms with Crippen LogP contribution in [0.5, 0.6) is 0 Å². The lowest BCUT2D eigenvalue weighted by Gasteiger charge is -2.32. The molecule has 120 valence electrons. The van der Waals surface area contributed by atoms with Crippen molar-refractivity contribution in [2.45, 2.75) is 51.0 Å². The summed E-state index contributed by atoms with van der Waals surface area (Å²) >= 11 is 0. The van der Waals surface area contributed by atoms with Gasteiger partial charge in [-0.25, -0.2) is 8.42 Å². The molecule has 3 heterocycles. The molecule has 9 heteroatoms. The van der Waals surface area contributed by atoms with Gasteiger partial charge in [-0.1, -0.05) is 16.7 Å². The number of hydrogen-bond donors (Lipinski definition) is 0. The van der Waals surface area contributed by atoms with Crippen LogP contribution < -0.4 is 0 Å². The molecule has 1 fully saturated rings. The largest absolute Gasteiger partial charge is 0.360 e. The normalized spacial score (nSPS) is 20.4. The summed E-state index contributed by atoms with van der Waals surface area (Å²) in [6.45, 7) is 5.35. The average Bonchev–Trinajstić information content (AvgIpc) is 3.05. The molecule has 0 N–H and O–H groups in total. The van der Waals surface area contributed by atoms with Crippen LogP contribution in [0.2, 0.25) is 0 Å². The van der Waals surface area contributed by atoms with E-state index in [-0.39, 0.29) is 4.90 Å². The zero-order valence-electron chi connectivity index (χ0n) is 12.7. The van der Waals surface area contributed by atoms with Crippen molar-refractivity contribution in [2.24, 2.45) is 0 Å². The summed E-state index contributed by atoms with van der Waals surface area (Å²) in [6, 6.07) is -0.436. The van der Waals surface area contributed by atoms with Gasteiger partial charge in [0.2, 0.25) is 15.9 Å². The van der Waals surface area contributed by atoms with Gasteiger partial charge in [0.25, 0.3) is 0 Å². The molecular weight excluding hydrogens is 308 g/mol. The van der Waals surface area contributed by atoms with E-state index in [9.17, 15) is 8.42 Å². The second-order valence-electron chi connectivity index (χ2n) is 5.46. The molecule has 1 atom stereocenters. The molecule has 2 aromatic rings. The van der Waals surface area contributed by atoms with Crippen molar-refractivity contribution in [3.8, 4) is 0 Å². The van der Waals surface area contributed by atoms with E-state index in [0.717, 1.165) is 12.8 Å². The smallest absolute Gasteiger partial charge is 0.249 e. The topological polar surface area (TPSA) is 102 Å². The Hall–Kier alpha value is -1.74. The zero-order chi connectivity index (χ0) is 15.9. The Morgan fingerprint density at radius 2 is 1.91 bits per heavy atom. The molecule has 0 spiro atoms. The molecule has 0 radical (unpaired) electrons. The van der Waals surface area contributed by atoms with E-state index in [0.29, 0.717) is 36.1 Å². The lowest BCUT2D eigenvalue weighted by atomic mass is 10.1. The highest BCUT2D eigenvalue weighted by Gasteiger charge is 2.40. The van der Waals surface area contributed by atoms with Gasteiger partial charge < -0.3 is 9.05 Å². The number of aryl methyl sites for hydroxylation is 3. The van der Waals surface area contributed by atoms with Crippen LogP contribution in [0.4, 0.5) is 0 Å². The Bertz CT molecular complexity index is 760. The van der Waals surface area contributed by atoms with Crippen LogP contribution in [-0.4, -0.2) is 34.6 Å². The molecule has 8 nitrogen and oxygen atoms in total. The predicted octanol–water partition coefficient (Wildman–Crippen LogP) is 1.90. The maximum atomic E-state index is 13.0. The van der Waals surface area contributed by atoms with Crippen molar-refractivity contribution >= 4 is 10.0 Å². The van der Waals surface area contributed by atoms with E-state index in [1.165, 1.54) is 4.31 Å². The first kappa shape index (κ1) is 15.2. The van der Waals surface area contributed by atoms with Crippen LogP contribution in [-0.2, 0) is 10.0 Å². The summed E-state index contributed by atoms with van der Waals surface area (Å²) in [4.78, 5) is 4.34. The second-order valence-corrected chi connectivity index (χ2v) is 7.29. The van der Waals surface area contributed by atoms with Gasteiger partial charge >= 0.3 is 0 Å². The van der Waals surface area contributed by atoms with Crippen LogP contribution in [0, 0.1) is 20.8 Å². The molecule has 0 amide bonds. The Morgan fingerprint density at radius 3 is 2.50 bits per heavy atom. The summed E-state index contributed by atoms with van der Waals surface area (Å²) in [7, 11) is -3.72. The lowest BCUT2D eigenvalue weighted by molar-refractivity contribution is 0.204. The summed E-state index contributed by atoms with van der Waals surface area (Å²) in [5.74, 6) is 1.13. The highest BCUT2D eigenvalue weighted by molar-refractivity contribution is 7.89. The van der Waals surface area contributed by atoms with Crippen molar-refractivity contribution in [2.75, 3.05) is 6.54 Å². The van der Waals surface area contributed by atoms with E-state index < -0.39 is 16.1 Å². The van der Waals surface area contributed by atoms with E-state index in [2.05, 4.69) is 15.3 Å². The fourth-order valence-electron chi connectivity index (χ4n) is 2.85. The first-order valence-corrected chi connectivity index (χ1v) is 8.60. The highest BCUT2D eigenvalue weighted by atomic mass is 32.2. The fraction of sp³-hybridized carbons (Fsp3) is 0.615. The minimum absolute atomic E-state index is 0.135. The third-order valence-corrected chi connectivity index (χ3v) is 5.97. The SMILES string of the molecule is Cc1noc(C2CCCCN2S(=O)(=O)c2c(C)noc2C)n1. The summed E-state index contributed by atoms with van der Waals surface area (Å²) in [5, 5.41) is 7.51. The lowest BCUT2D eigenvalue weighted by Crippen LogP contribution is -2.39. The molecule has 0 saturated carbocycles. The highest BCUT2D eigenvalue weighted by Crippen LogP contribution is 2.36. The first-order chi connectivity index (χ1) is 10.4. The minimum Gasteiger partial charge on any atom is -0.360 e. The number of sulfonamides is 1. The molecule has 3 rings (SSSR count). The molecule has 22 heavy (non-hydrogen) atoms. The van der Waals surface area contributed by atoms with E-state index in [1.54, 1.807) is 20.8 Å². The molecular formula is C13H18N4O4S. The third kappa shape index (κ3) is 2.44. The summed E-state index contributed by atoms with van der Waals surface area (Å²) in [5.41, 5.74) is 0.364. The van der Waals surface area contributed by atoms with Crippen molar-refractivity contribution in [3.63, 3.8) is 0 Å². The van der Waals surface area contributed by atoms with Gasteiger partial charge in [0.05, 0.1) is 0 Å². The monoisotopic (exact) mass is 326 g/mol. The number of aromatic nitrogens is 3. The molecule has 1 unspecified atom stereocenters.